The van der Waals surface area contributed by atoms with Gasteiger partial charge < -0.3 is 5.32 Å². The molecular weight excluding hydrogens is 290 g/mol. The first-order valence-electron chi connectivity index (χ1n) is 6.59. The topological polar surface area (TPSA) is 29.1 Å². The Kier molecular flexibility index (Phi) is 4.57. The Morgan fingerprint density at radius 3 is 2.56 bits per heavy atom. The Hall–Kier alpha value is -0.670. The van der Waals surface area contributed by atoms with E-state index in [1.165, 1.54) is 0 Å². The Balaban J connectivity index is 2.10. The number of aryl methyl sites for hydroxylation is 1. The van der Waals surface area contributed by atoms with Gasteiger partial charge in [-0.1, -0.05) is 22.0 Å². The van der Waals surface area contributed by atoms with Crippen LogP contribution in [0.25, 0.3) is 0 Å². The molecule has 0 aliphatic heterocycles. The van der Waals surface area contributed by atoms with Gasteiger partial charge in [-0.05, 0) is 57.4 Å². The van der Waals surface area contributed by atoms with E-state index in [2.05, 4.69) is 21.2 Å². The van der Waals surface area contributed by atoms with Gasteiger partial charge in [-0.3, -0.25) is 4.79 Å². The van der Waals surface area contributed by atoms with Crippen molar-refractivity contribution in [2.24, 2.45) is 5.92 Å². The number of carbonyl (C=O) groups is 1. The molecular formula is C15H20BrNO. The van der Waals surface area contributed by atoms with Gasteiger partial charge in [0.25, 0.3) is 0 Å². The minimum atomic E-state index is 0.211. The van der Waals surface area contributed by atoms with Gasteiger partial charge in [-0.15, -0.1) is 0 Å². The van der Waals surface area contributed by atoms with Gasteiger partial charge in [0.1, 0.15) is 0 Å². The molecule has 98 valence electrons. The Labute approximate surface area is 117 Å². The third kappa shape index (κ3) is 3.01. The number of nitrogens with one attached hydrogen (secondary N) is 1. The number of Topliss-reactive ketones (excluding diaryl/α,β-unsaturated/α-hetero) is 1. The van der Waals surface area contributed by atoms with Gasteiger partial charge in [-0.2, -0.15) is 0 Å². The van der Waals surface area contributed by atoms with Crippen LogP contribution in [0.1, 0.15) is 41.6 Å². The summed E-state index contributed by atoms with van der Waals surface area (Å²) in [4.78, 5) is 12.5. The van der Waals surface area contributed by atoms with Crippen LogP contribution in [0.5, 0.6) is 0 Å². The van der Waals surface area contributed by atoms with E-state index in [1.807, 2.05) is 32.2 Å². The number of halogens is 1. The number of ketones is 1. The average molecular weight is 310 g/mol. The number of hydrogen-bond donors (Lipinski definition) is 1. The molecule has 1 saturated carbocycles. The van der Waals surface area contributed by atoms with Crippen LogP contribution < -0.4 is 5.32 Å². The fraction of sp³-hybridized carbons (Fsp3) is 0.533. The number of carbonyl (C=O) groups excluding carboxylic acids is 1. The lowest BCUT2D eigenvalue weighted by molar-refractivity contribution is 0.0880. The average Bonchev–Trinajstić information content (AvgIpc) is 2.41. The third-order valence-corrected chi connectivity index (χ3v) is 4.46. The Bertz CT molecular complexity index is 436. The minimum absolute atomic E-state index is 0.211. The molecule has 0 saturated heterocycles. The van der Waals surface area contributed by atoms with E-state index in [1.54, 1.807) is 0 Å². The zero-order valence-corrected chi connectivity index (χ0v) is 12.6. The fourth-order valence-electron chi connectivity index (χ4n) is 2.72. The minimum Gasteiger partial charge on any atom is -0.317 e. The SMILES string of the molecule is CNC1CCC(C(=O)c2cc(Br)ccc2C)CC1. The molecule has 1 aliphatic rings. The maximum absolute atomic E-state index is 12.5. The van der Waals surface area contributed by atoms with Gasteiger partial charge in [0.15, 0.2) is 5.78 Å². The second kappa shape index (κ2) is 5.98. The summed E-state index contributed by atoms with van der Waals surface area (Å²) in [5, 5.41) is 3.30. The molecule has 0 spiro atoms. The molecule has 1 aliphatic carbocycles. The van der Waals surface area contributed by atoms with Crippen molar-refractivity contribution >= 4 is 21.7 Å². The lowest BCUT2D eigenvalue weighted by Crippen LogP contribution is -2.32. The molecule has 2 rings (SSSR count). The first-order valence-corrected chi connectivity index (χ1v) is 7.38. The zero-order valence-electron chi connectivity index (χ0n) is 11.0. The van der Waals surface area contributed by atoms with Crippen LogP contribution in [0.15, 0.2) is 22.7 Å². The van der Waals surface area contributed by atoms with E-state index in [-0.39, 0.29) is 5.92 Å². The molecule has 18 heavy (non-hydrogen) atoms. The van der Waals surface area contributed by atoms with Gasteiger partial charge in [0.05, 0.1) is 0 Å². The zero-order chi connectivity index (χ0) is 13.1. The monoisotopic (exact) mass is 309 g/mol. The summed E-state index contributed by atoms with van der Waals surface area (Å²) in [6.07, 6.45) is 4.24. The van der Waals surface area contributed by atoms with Crippen molar-refractivity contribution in [3.63, 3.8) is 0 Å². The molecule has 1 aromatic carbocycles. The summed E-state index contributed by atoms with van der Waals surface area (Å²) >= 11 is 3.45. The summed E-state index contributed by atoms with van der Waals surface area (Å²) in [5.41, 5.74) is 1.97. The van der Waals surface area contributed by atoms with Gasteiger partial charge >= 0.3 is 0 Å². The Morgan fingerprint density at radius 1 is 1.28 bits per heavy atom. The van der Waals surface area contributed by atoms with Gasteiger partial charge in [0, 0.05) is 22.0 Å². The van der Waals surface area contributed by atoms with Crippen molar-refractivity contribution in [3.8, 4) is 0 Å². The van der Waals surface area contributed by atoms with E-state index < -0.39 is 0 Å². The fourth-order valence-corrected chi connectivity index (χ4v) is 3.08. The van der Waals surface area contributed by atoms with Crippen molar-refractivity contribution < 1.29 is 4.79 Å². The van der Waals surface area contributed by atoms with Crippen molar-refractivity contribution in [3.05, 3.63) is 33.8 Å². The van der Waals surface area contributed by atoms with Crippen LogP contribution in [0, 0.1) is 12.8 Å². The van der Waals surface area contributed by atoms with E-state index in [0.717, 1.165) is 41.3 Å². The third-order valence-electron chi connectivity index (χ3n) is 3.97. The van der Waals surface area contributed by atoms with Crippen LogP contribution in [0.3, 0.4) is 0 Å². The second-order valence-electron chi connectivity index (χ2n) is 5.16. The predicted molar refractivity (Wildman–Crippen MR) is 78.0 cm³/mol. The summed E-state index contributed by atoms with van der Waals surface area (Å²) in [7, 11) is 2.01. The van der Waals surface area contributed by atoms with Crippen molar-refractivity contribution in [1.29, 1.82) is 0 Å². The highest BCUT2D eigenvalue weighted by Gasteiger charge is 2.27. The maximum atomic E-state index is 12.5. The molecule has 1 fully saturated rings. The Morgan fingerprint density at radius 2 is 1.94 bits per heavy atom. The first kappa shape index (κ1) is 13.8. The van der Waals surface area contributed by atoms with E-state index in [0.29, 0.717) is 11.8 Å². The largest absolute Gasteiger partial charge is 0.317 e. The van der Waals surface area contributed by atoms with Crippen LogP contribution in [-0.2, 0) is 0 Å². The van der Waals surface area contributed by atoms with Crippen LogP contribution in [0.4, 0.5) is 0 Å². The predicted octanol–water partition coefficient (Wildman–Crippen LogP) is 3.72. The molecule has 3 heteroatoms. The number of rotatable bonds is 3. The highest BCUT2D eigenvalue weighted by atomic mass is 79.9. The van der Waals surface area contributed by atoms with E-state index in [9.17, 15) is 4.79 Å². The smallest absolute Gasteiger partial charge is 0.166 e. The summed E-state index contributed by atoms with van der Waals surface area (Å²) in [6.45, 7) is 2.01. The molecule has 1 N–H and O–H groups in total. The molecule has 2 nitrogen and oxygen atoms in total. The van der Waals surface area contributed by atoms with Crippen molar-refractivity contribution in [1.82, 2.24) is 5.32 Å². The molecule has 0 radical (unpaired) electrons. The lowest BCUT2D eigenvalue weighted by atomic mass is 9.81. The van der Waals surface area contributed by atoms with Gasteiger partial charge in [0.2, 0.25) is 0 Å². The summed E-state index contributed by atoms with van der Waals surface area (Å²) < 4.78 is 0.986. The van der Waals surface area contributed by atoms with Crippen LogP contribution in [-0.4, -0.2) is 18.9 Å². The highest BCUT2D eigenvalue weighted by molar-refractivity contribution is 9.10. The summed E-state index contributed by atoms with van der Waals surface area (Å²) in [5.74, 6) is 0.533. The molecule has 0 bridgehead atoms. The van der Waals surface area contributed by atoms with E-state index >= 15 is 0 Å². The number of benzene rings is 1. The van der Waals surface area contributed by atoms with Gasteiger partial charge in [-0.25, -0.2) is 0 Å². The molecule has 1 aromatic rings. The lowest BCUT2D eigenvalue weighted by Gasteiger charge is -2.27. The van der Waals surface area contributed by atoms with Crippen LogP contribution >= 0.6 is 15.9 Å². The first-order chi connectivity index (χ1) is 8.61. The molecule has 0 atom stereocenters. The molecule has 0 heterocycles. The highest BCUT2D eigenvalue weighted by Crippen LogP contribution is 2.29. The summed E-state index contributed by atoms with van der Waals surface area (Å²) in [6, 6.07) is 6.56. The van der Waals surface area contributed by atoms with Crippen molar-refractivity contribution in [2.75, 3.05) is 7.05 Å². The molecule has 0 amide bonds. The van der Waals surface area contributed by atoms with E-state index in [4.69, 9.17) is 0 Å². The molecule has 0 aromatic heterocycles. The van der Waals surface area contributed by atoms with Crippen LogP contribution in [0.2, 0.25) is 0 Å². The van der Waals surface area contributed by atoms with Crippen molar-refractivity contribution in [2.45, 2.75) is 38.6 Å². The normalized spacial score (nSPS) is 23.9. The number of hydrogen-bond acceptors (Lipinski definition) is 2. The standard InChI is InChI=1S/C15H20BrNO/c1-10-3-6-12(16)9-14(10)15(18)11-4-7-13(17-2)8-5-11/h3,6,9,11,13,17H,4-5,7-8H2,1-2H3. The molecule has 0 unspecified atom stereocenters. The maximum Gasteiger partial charge on any atom is 0.166 e. The second-order valence-corrected chi connectivity index (χ2v) is 6.08. The quantitative estimate of drug-likeness (QED) is 0.862.